The molecule has 0 saturated carbocycles. The molecule has 68 valence electrons. The van der Waals surface area contributed by atoms with Crippen molar-refractivity contribution in [1.82, 2.24) is 8.75 Å². The Morgan fingerprint density at radius 2 is 1.85 bits per heavy atom. The molecule has 2 rings (SSSR count). The number of benzene rings is 1. The lowest BCUT2D eigenvalue weighted by Crippen LogP contribution is -1.84. The highest BCUT2D eigenvalue weighted by Crippen LogP contribution is 2.35. The van der Waals surface area contributed by atoms with E-state index < -0.39 is 0 Å². The van der Waals surface area contributed by atoms with Crippen LogP contribution >= 0.6 is 59.5 Å². The first-order valence-corrected chi connectivity index (χ1v) is 6.74. The molecule has 0 atom stereocenters. The quantitative estimate of drug-likeness (QED) is 0.685. The molecule has 1 aromatic carbocycles. The topological polar surface area (TPSA) is 25.8 Å². The Morgan fingerprint density at radius 1 is 1.15 bits per heavy atom. The third-order valence-electron chi connectivity index (χ3n) is 1.63. The summed E-state index contributed by atoms with van der Waals surface area (Å²) < 4.78 is 9.56. The van der Waals surface area contributed by atoms with Gasteiger partial charge in [0.1, 0.15) is 11.0 Å². The van der Waals surface area contributed by atoms with Gasteiger partial charge in [-0.05, 0) is 22.0 Å². The second kappa shape index (κ2) is 3.92. The van der Waals surface area contributed by atoms with E-state index in [0.29, 0.717) is 0 Å². The van der Waals surface area contributed by atoms with E-state index in [9.17, 15) is 0 Å². The smallest absolute Gasteiger partial charge is 0.119 e. The standard InChI is InChI=1S/C7H3Br3N2S/c8-4-2-1-3(7(9)10)5-6(4)12-13-11-5/h1-2,7H. The van der Waals surface area contributed by atoms with Crippen LogP contribution in [-0.2, 0) is 0 Å². The van der Waals surface area contributed by atoms with Crippen LogP contribution < -0.4 is 0 Å². The minimum atomic E-state index is 0.125. The number of halogens is 3. The lowest BCUT2D eigenvalue weighted by molar-refractivity contribution is 1.43. The van der Waals surface area contributed by atoms with Gasteiger partial charge in [-0.25, -0.2) is 0 Å². The van der Waals surface area contributed by atoms with E-state index in [1.54, 1.807) is 0 Å². The van der Waals surface area contributed by atoms with Gasteiger partial charge in [0.2, 0.25) is 0 Å². The minimum Gasteiger partial charge on any atom is -0.173 e. The van der Waals surface area contributed by atoms with Crippen LogP contribution in [0.3, 0.4) is 0 Å². The molecule has 0 saturated heterocycles. The maximum Gasteiger partial charge on any atom is 0.119 e. The Bertz CT molecular complexity index is 440. The highest BCUT2D eigenvalue weighted by molar-refractivity contribution is 9.24. The van der Waals surface area contributed by atoms with Crippen LogP contribution in [0.2, 0.25) is 0 Å². The zero-order valence-electron chi connectivity index (χ0n) is 6.17. The first-order chi connectivity index (χ1) is 6.20. The van der Waals surface area contributed by atoms with Crippen molar-refractivity contribution in [3.63, 3.8) is 0 Å². The predicted molar refractivity (Wildman–Crippen MR) is 65.7 cm³/mol. The van der Waals surface area contributed by atoms with Gasteiger partial charge in [0.25, 0.3) is 0 Å². The van der Waals surface area contributed by atoms with Crippen LogP contribution in [0, 0.1) is 0 Å². The van der Waals surface area contributed by atoms with Gasteiger partial charge < -0.3 is 0 Å². The number of rotatable bonds is 1. The normalized spacial score (nSPS) is 11.4. The SMILES string of the molecule is Brc1ccc(C(Br)Br)c2nsnc12. The van der Waals surface area contributed by atoms with Crippen LogP contribution in [0.1, 0.15) is 9.30 Å². The Balaban J connectivity index is 2.78. The first kappa shape index (κ1) is 10.0. The van der Waals surface area contributed by atoms with Crippen LogP contribution in [0.4, 0.5) is 0 Å². The van der Waals surface area contributed by atoms with E-state index in [2.05, 4.69) is 56.5 Å². The van der Waals surface area contributed by atoms with E-state index in [-0.39, 0.29) is 3.74 Å². The van der Waals surface area contributed by atoms with Crippen molar-refractivity contribution in [2.75, 3.05) is 0 Å². The summed E-state index contributed by atoms with van der Waals surface area (Å²) in [5.74, 6) is 0. The number of hydrogen-bond acceptors (Lipinski definition) is 3. The fourth-order valence-corrected chi connectivity index (χ4v) is 2.88. The number of hydrogen-bond donors (Lipinski definition) is 0. The van der Waals surface area contributed by atoms with Gasteiger partial charge >= 0.3 is 0 Å². The van der Waals surface area contributed by atoms with Gasteiger partial charge in [0.05, 0.1) is 15.5 Å². The summed E-state index contributed by atoms with van der Waals surface area (Å²) in [6.45, 7) is 0. The molecular formula is C7H3Br3N2S. The van der Waals surface area contributed by atoms with E-state index in [1.165, 1.54) is 11.7 Å². The Kier molecular flexibility index (Phi) is 3.02. The second-order valence-corrected chi connectivity index (χ2v) is 6.84. The minimum absolute atomic E-state index is 0.125. The highest BCUT2D eigenvalue weighted by Gasteiger charge is 2.12. The van der Waals surface area contributed by atoms with Gasteiger partial charge in [-0.3, -0.25) is 0 Å². The monoisotopic (exact) mass is 384 g/mol. The van der Waals surface area contributed by atoms with Crippen molar-refractivity contribution in [2.45, 2.75) is 3.74 Å². The number of fused-ring (bicyclic) bond motifs is 1. The fraction of sp³-hybridized carbons (Fsp3) is 0.143. The lowest BCUT2D eigenvalue weighted by Gasteiger charge is -2.02. The molecule has 0 aliphatic heterocycles. The van der Waals surface area contributed by atoms with Crippen LogP contribution in [-0.4, -0.2) is 8.75 Å². The molecule has 0 fully saturated rings. The Hall–Kier alpha value is 0.480. The maximum absolute atomic E-state index is 4.24. The van der Waals surface area contributed by atoms with Gasteiger partial charge in [-0.15, -0.1) is 0 Å². The van der Waals surface area contributed by atoms with E-state index >= 15 is 0 Å². The molecule has 0 spiro atoms. The summed E-state index contributed by atoms with van der Waals surface area (Å²) >= 11 is 11.6. The fourth-order valence-electron chi connectivity index (χ4n) is 1.03. The van der Waals surface area contributed by atoms with Crippen LogP contribution in [0.5, 0.6) is 0 Å². The van der Waals surface area contributed by atoms with E-state index in [0.717, 1.165) is 21.1 Å². The average molecular weight is 387 g/mol. The molecule has 2 nitrogen and oxygen atoms in total. The molecule has 0 aliphatic rings. The van der Waals surface area contributed by atoms with Crippen LogP contribution in [0.15, 0.2) is 16.6 Å². The molecule has 6 heteroatoms. The molecule has 0 bridgehead atoms. The molecule has 1 aromatic heterocycles. The molecule has 0 aliphatic carbocycles. The summed E-state index contributed by atoms with van der Waals surface area (Å²) in [4.78, 5) is 0. The summed E-state index contributed by atoms with van der Waals surface area (Å²) in [6, 6.07) is 4.00. The third-order valence-corrected chi connectivity index (χ3v) is 3.79. The van der Waals surface area contributed by atoms with E-state index in [4.69, 9.17) is 0 Å². The average Bonchev–Trinajstić information content (AvgIpc) is 2.53. The third kappa shape index (κ3) is 1.82. The van der Waals surface area contributed by atoms with Crippen molar-refractivity contribution in [1.29, 1.82) is 0 Å². The van der Waals surface area contributed by atoms with Gasteiger partial charge in [0.15, 0.2) is 0 Å². The van der Waals surface area contributed by atoms with Gasteiger partial charge in [0, 0.05) is 10.0 Å². The Morgan fingerprint density at radius 3 is 2.54 bits per heavy atom. The summed E-state index contributed by atoms with van der Waals surface area (Å²) in [6.07, 6.45) is 0. The molecular weight excluding hydrogens is 384 g/mol. The molecule has 0 amide bonds. The summed E-state index contributed by atoms with van der Waals surface area (Å²) in [7, 11) is 0. The van der Waals surface area contributed by atoms with Crippen molar-refractivity contribution in [3.05, 3.63) is 22.2 Å². The summed E-state index contributed by atoms with van der Waals surface area (Å²) in [5.41, 5.74) is 2.97. The van der Waals surface area contributed by atoms with Gasteiger partial charge in [-0.1, -0.05) is 37.9 Å². The lowest BCUT2D eigenvalue weighted by atomic mass is 10.2. The van der Waals surface area contributed by atoms with Crippen molar-refractivity contribution < 1.29 is 0 Å². The maximum atomic E-state index is 4.24. The zero-order chi connectivity index (χ0) is 9.42. The molecule has 0 radical (unpaired) electrons. The van der Waals surface area contributed by atoms with Crippen molar-refractivity contribution >= 4 is 70.6 Å². The number of alkyl halides is 2. The second-order valence-electron chi connectivity index (χ2n) is 2.40. The van der Waals surface area contributed by atoms with Crippen molar-refractivity contribution in [3.8, 4) is 0 Å². The highest BCUT2D eigenvalue weighted by atomic mass is 79.9. The molecule has 1 heterocycles. The first-order valence-electron chi connectivity index (χ1n) is 3.39. The number of aromatic nitrogens is 2. The van der Waals surface area contributed by atoms with E-state index in [1.807, 2.05) is 12.1 Å². The zero-order valence-corrected chi connectivity index (χ0v) is 11.7. The largest absolute Gasteiger partial charge is 0.173 e. The van der Waals surface area contributed by atoms with Crippen molar-refractivity contribution in [2.24, 2.45) is 0 Å². The molecule has 0 unspecified atom stereocenters. The molecule has 0 N–H and O–H groups in total. The van der Waals surface area contributed by atoms with Gasteiger partial charge in [-0.2, -0.15) is 8.75 Å². The Labute approximate surface area is 104 Å². The number of nitrogens with zero attached hydrogens (tertiary/aromatic N) is 2. The summed E-state index contributed by atoms with van der Waals surface area (Å²) in [5, 5.41) is 0. The molecule has 2 aromatic rings. The van der Waals surface area contributed by atoms with Crippen LogP contribution in [0.25, 0.3) is 11.0 Å². The molecule has 13 heavy (non-hydrogen) atoms. The predicted octanol–water partition coefficient (Wildman–Crippen LogP) is 4.24.